The number of rotatable bonds is 4. The summed E-state index contributed by atoms with van der Waals surface area (Å²) in [6.07, 6.45) is 1.08. The molecule has 2 rings (SSSR count). The summed E-state index contributed by atoms with van der Waals surface area (Å²) in [4.78, 5) is 0. The Kier molecular flexibility index (Phi) is 3.87. The van der Waals surface area contributed by atoms with Crippen LogP contribution in [0.5, 0.6) is 0 Å². The zero-order valence-electron chi connectivity index (χ0n) is 11.6. The third-order valence-corrected chi connectivity index (χ3v) is 3.40. The number of nitrogens with one attached hydrogen (secondary N) is 1. The van der Waals surface area contributed by atoms with Gasteiger partial charge in [0.1, 0.15) is 11.5 Å². The highest BCUT2D eigenvalue weighted by Gasteiger charge is 2.17. The van der Waals surface area contributed by atoms with Crippen LogP contribution in [0.15, 0.2) is 34.7 Å². The van der Waals surface area contributed by atoms with Crippen molar-refractivity contribution < 1.29 is 4.42 Å². The molecule has 0 aliphatic rings. The van der Waals surface area contributed by atoms with E-state index in [9.17, 15) is 0 Å². The van der Waals surface area contributed by atoms with Crippen LogP contribution < -0.4 is 5.32 Å². The Morgan fingerprint density at radius 3 is 2.28 bits per heavy atom. The SMILES string of the molecule is CCc1ccc(C(NC)c2cc(C)oc2C)cc1. The molecule has 1 unspecified atom stereocenters. The van der Waals surface area contributed by atoms with Gasteiger partial charge in [-0.3, -0.25) is 0 Å². The number of hydrogen-bond donors (Lipinski definition) is 1. The van der Waals surface area contributed by atoms with Gasteiger partial charge in [-0.2, -0.15) is 0 Å². The predicted octanol–water partition coefficient (Wildman–Crippen LogP) is 3.77. The first-order chi connectivity index (χ1) is 8.65. The lowest BCUT2D eigenvalue weighted by atomic mass is 9.97. The summed E-state index contributed by atoms with van der Waals surface area (Å²) < 4.78 is 5.62. The van der Waals surface area contributed by atoms with Crippen molar-refractivity contribution in [2.24, 2.45) is 0 Å². The van der Waals surface area contributed by atoms with Crippen LogP contribution in [0.2, 0.25) is 0 Å². The van der Waals surface area contributed by atoms with E-state index < -0.39 is 0 Å². The van der Waals surface area contributed by atoms with E-state index in [-0.39, 0.29) is 6.04 Å². The van der Waals surface area contributed by atoms with Crippen molar-refractivity contribution in [3.05, 3.63) is 58.5 Å². The highest BCUT2D eigenvalue weighted by Crippen LogP contribution is 2.27. The van der Waals surface area contributed by atoms with E-state index in [0.29, 0.717) is 0 Å². The lowest BCUT2D eigenvalue weighted by molar-refractivity contribution is 0.497. The van der Waals surface area contributed by atoms with Crippen LogP contribution in [0.1, 0.15) is 41.2 Å². The van der Waals surface area contributed by atoms with Gasteiger partial charge in [0.15, 0.2) is 0 Å². The lowest BCUT2D eigenvalue weighted by Gasteiger charge is -2.16. The van der Waals surface area contributed by atoms with E-state index in [0.717, 1.165) is 17.9 Å². The molecule has 2 nitrogen and oxygen atoms in total. The Morgan fingerprint density at radius 2 is 1.83 bits per heavy atom. The summed E-state index contributed by atoms with van der Waals surface area (Å²) >= 11 is 0. The first kappa shape index (κ1) is 12.9. The Hall–Kier alpha value is -1.54. The van der Waals surface area contributed by atoms with E-state index in [1.807, 2.05) is 20.9 Å². The fraction of sp³-hybridized carbons (Fsp3) is 0.375. The van der Waals surface area contributed by atoms with Gasteiger partial charge in [0.2, 0.25) is 0 Å². The molecule has 1 atom stereocenters. The lowest BCUT2D eigenvalue weighted by Crippen LogP contribution is -2.17. The molecule has 0 aliphatic heterocycles. The molecule has 2 aromatic rings. The zero-order chi connectivity index (χ0) is 13.1. The molecule has 0 aliphatic carbocycles. The Labute approximate surface area is 109 Å². The maximum absolute atomic E-state index is 5.62. The first-order valence-corrected chi connectivity index (χ1v) is 6.48. The quantitative estimate of drug-likeness (QED) is 0.884. The van der Waals surface area contributed by atoms with E-state index in [1.165, 1.54) is 16.7 Å². The van der Waals surface area contributed by atoms with E-state index in [2.05, 4.69) is 42.6 Å². The third-order valence-electron chi connectivity index (χ3n) is 3.40. The molecule has 18 heavy (non-hydrogen) atoms. The highest BCUT2D eigenvalue weighted by atomic mass is 16.3. The Morgan fingerprint density at radius 1 is 1.17 bits per heavy atom. The van der Waals surface area contributed by atoms with Gasteiger partial charge in [0.25, 0.3) is 0 Å². The van der Waals surface area contributed by atoms with Gasteiger partial charge in [-0.1, -0.05) is 31.2 Å². The molecular formula is C16H21NO. The van der Waals surface area contributed by atoms with Crippen molar-refractivity contribution in [2.75, 3.05) is 7.05 Å². The van der Waals surface area contributed by atoms with E-state index in [4.69, 9.17) is 4.42 Å². The van der Waals surface area contributed by atoms with Crippen LogP contribution >= 0.6 is 0 Å². The molecule has 1 aromatic heterocycles. The number of furan rings is 1. The first-order valence-electron chi connectivity index (χ1n) is 6.48. The monoisotopic (exact) mass is 243 g/mol. The summed E-state index contributed by atoms with van der Waals surface area (Å²) in [6, 6.07) is 11.1. The molecule has 0 saturated heterocycles. The summed E-state index contributed by atoms with van der Waals surface area (Å²) in [5.74, 6) is 1.96. The van der Waals surface area contributed by atoms with E-state index >= 15 is 0 Å². The van der Waals surface area contributed by atoms with Gasteiger partial charge in [-0.05, 0) is 44.5 Å². The van der Waals surface area contributed by atoms with Gasteiger partial charge in [0, 0.05) is 5.56 Å². The standard InChI is InChI=1S/C16H21NO/c1-5-13-6-8-14(9-7-13)16(17-4)15-10-11(2)18-12(15)3/h6-10,16-17H,5H2,1-4H3. The second-order valence-corrected chi connectivity index (χ2v) is 4.69. The number of benzene rings is 1. The van der Waals surface area contributed by atoms with Gasteiger partial charge in [-0.15, -0.1) is 0 Å². The van der Waals surface area contributed by atoms with Gasteiger partial charge >= 0.3 is 0 Å². The van der Waals surface area contributed by atoms with Gasteiger partial charge in [0.05, 0.1) is 6.04 Å². The average Bonchev–Trinajstić information content (AvgIpc) is 2.70. The fourth-order valence-corrected chi connectivity index (χ4v) is 2.38. The minimum Gasteiger partial charge on any atom is -0.466 e. The number of aryl methyl sites for hydroxylation is 3. The molecule has 2 heteroatoms. The van der Waals surface area contributed by atoms with Crippen LogP contribution in [0.3, 0.4) is 0 Å². The van der Waals surface area contributed by atoms with Crippen LogP contribution in [-0.4, -0.2) is 7.05 Å². The summed E-state index contributed by atoms with van der Waals surface area (Å²) in [5, 5.41) is 3.37. The van der Waals surface area contributed by atoms with Crippen molar-refractivity contribution in [1.29, 1.82) is 0 Å². The second kappa shape index (κ2) is 5.40. The minimum atomic E-state index is 0.202. The summed E-state index contributed by atoms with van der Waals surface area (Å²) in [5.41, 5.74) is 3.87. The molecule has 0 bridgehead atoms. The van der Waals surface area contributed by atoms with Crippen LogP contribution in [-0.2, 0) is 6.42 Å². The summed E-state index contributed by atoms with van der Waals surface area (Å²) in [7, 11) is 1.99. The minimum absolute atomic E-state index is 0.202. The zero-order valence-corrected chi connectivity index (χ0v) is 11.6. The molecule has 0 spiro atoms. The van der Waals surface area contributed by atoms with Crippen molar-refractivity contribution >= 4 is 0 Å². The number of hydrogen-bond acceptors (Lipinski definition) is 2. The van der Waals surface area contributed by atoms with Crippen molar-refractivity contribution in [1.82, 2.24) is 5.32 Å². The molecular weight excluding hydrogens is 222 g/mol. The molecule has 1 N–H and O–H groups in total. The molecule has 0 saturated carbocycles. The molecule has 0 radical (unpaired) electrons. The Bertz CT molecular complexity index is 510. The molecule has 1 aromatic carbocycles. The van der Waals surface area contributed by atoms with Crippen molar-refractivity contribution in [3.8, 4) is 0 Å². The van der Waals surface area contributed by atoms with Crippen molar-refractivity contribution in [2.45, 2.75) is 33.2 Å². The van der Waals surface area contributed by atoms with Gasteiger partial charge in [-0.25, -0.2) is 0 Å². The van der Waals surface area contributed by atoms with Crippen LogP contribution in [0.4, 0.5) is 0 Å². The summed E-state index contributed by atoms with van der Waals surface area (Å²) in [6.45, 7) is 6.19. The van der Waals surface area contributed by atoms with Crippen molar-refractivity contribution in [3.63, 3.8) is 0 Å². The molecule has 0 fully saturated rings. The third kappa shape index (κ3) is 2.49. The van der Waals surface area contributed by atoms with Gasteiger partial charge < -0.3 is 9.73 Å². The Balaban J connectivity index is 2.35. The fourth-order valence-electron chi connectivity index (χ4n) is 2.38. The van der Waals surface area contributed by atoms with E-state index in [1.54, 1.807) is 0 Å². The normalized spacial score (nSPS) is 12.7. The molecule has 1 heterocycles. The second-order valence-electron chi connectivity index (χ2n) is 4.69. The van der Waals surface area contributed by atoms with Crippen LogP contribution in [0.25, 0.3) is 0 Å². The predicted molar refractivity (Wildman–Crippen MR) is 74.9 cm³/mol. The topological polar surface area (TPSA) is 25.2 Å². The maximum atomic E-state index is 5.62. The maximum Gasteiger partial charge on any atom is 0.106 e. The molecule has 96 valence electrons. The molecule has 0 amide bonds. The highest BCUT2D eigenvalue weighted by molar-refractivity contribution is 5.35. The van der Waals surface area contributed by atoms with Crippen LogP contribution in [0, 0.1) is 13.8 Å². The average molecular weight is 243 g/mol. The largest absolute Gasteiger partial charge is 0.466 e. The smallest absolute Gasteiger partial charge is 0.106 e.